The molecule has 0 aromatic heterocycles. The molecule has 3 heterocycles. The largest absolute Gasteiger partial charge is 0.394 e. The van der Waals surface area contributed by atoms with Crippen LogP contribution in [0.15, 0.2) is 5.10 Å². The molecule has 4 N–H and O–H groups in total. The van der Waals surface area contributed by atoms with Crippen LogP contribution in [0.3, 0.4) is 0 Å². The fourth-order valence-electron chi connectivity index (χ4n) is 3.50. The standard InChI is InChI=1S/C14H23FN4O6Si/c1-18-12(23)14(15)9(10(16-17-14)26(2,3)4)19(13(18)24)11-8(22)7(21)6(5-20)25-11/h6-9,11,17,20-22H,5H2,1-4H3/t6-,7-,8-,9?,11-,14?/m1/s1. The van der Waals surface area contributed by atoms with Gasteiger partial charge < -0.3 is 20.1 Å². The lowest BCUT2D eigenvalue weighted by atomic mass is 10.00. The number of nitrogens with one attached hydrogen (secondary N) is 1. The van der Waals surface area contributed by atoms with Crippen molar-refractivity contribution in [1.29, 1.82) is 0 Å². The van der Waals surface area contributed by atoms with Gasteiger partial charge in [0, 0.05) is 12.4 Å². The summed E-state index contributed by atoms with van der Waals surface area (Å²) in [5, 5.41) is 33.9. The number of carbonyl (C=O) groups excluding carboxylic acids is 2. The average Bonchev–Trinajstić information content (AvgIpc) is 3.06. The molecule has 2 fully saturated rings. The average molecular weight is 390 g/mol. The molecule has 2 saturated heterocycles. The van der Waals surface area contributed by atoms with Crippen molar-refractivity contribution in [2.75, 3.05) is 13.7 Å². The van der Waals surface area contributed by atoms with E-state index in [1.54, 1.807) is 0 Å². The molecule has 3 aliphatic rings. The van der Waals surface area contributed by atoms with Crippen molar-refractivity contribution in [3.63, 3.8) is 0 Å². The molecule has 0 aromatic carbocycles. The molecule has 0 aliphatic carbocycles. The Kier molecular flexibility index (Phi) is 4.39. The van der Waals surface area contributed by atoms with E-state index >= 15 is 4.39 Å². The SMILES string of the molecule is CN1C(=O)N([C@@H]2O[C@H](CO)[C@@H](O)[C@H]2O)C2C([Si](C)(C)C)=NNC2(F)C1=O. The van der Waals surface area contributed by atoms with E-state index < -0.39 is 63.0 Å². The van der Waals surface area contributed by atoms with Gasteiger partial charge in [-0.2, -0.15) is 5.10 Å². The van der Waals surface area contributed by atoms with Gasteiger partial charge in [0.05, 0.1) is 6.61 Å². The second kappa shape index (κ2) is 5.95. The number of ether oxygens (including phenoxy) is 1. The van der Waals surface area contributed by atoms with Gasteiger partial charge >= 0.3 is 6.03 Å². The number of hydrazone groups is 1. The number of urea groups is 1. The number of alkyl halides is 1. The Balaban J connectivity index is 2.08. The molecule has 0 radical (unpaired) electrons. The highest BCUT2D eigenvalue weighted by molar-refractivity contribution is 7.05. The van der Waals surface area contributed by atoms with E-state index in [0.717, 1.165) is 11.9 Å². The minimum Gasteiger partial charge on any atom is -0.394 e. The Hall–Kier alpha value is -1.60. The highest BCUT2D eigenvalue weighted by Crippen LogP contribution is 2.38. The van der Waals surface area contributed by atoms with E-state index in [0.29, 0.717) is 10.2 Å². The number of imide groups is 1. The summed E-state index contributed by atoms with van der Waals surface area (Å²) in [5.41, 5.74) is 2.22. The number of hydrogen-bond donors (Lipinski definition) is 4. The van der Waals surface area contributed by atoms with Crippen LogP contribution >= 0.6 is 0 Å². The number of aliphatic hydroxyl groups excluding tert-OH is 3. The fraction of sp³-hybridized carbons (Fsp3) is 0.786. The molecule has 0 saturated carbocycles. The van der Waals surface area contributed by atoms with Crippen molar-refractivity contribution in [2.45, 2.75) is 56.0 Å². The van der Waals surface area contributed by atoms with Gasteiger partial charge in [-0.25, -0.2) is 9.18 Å². The number of hydrogen-bond acceptors (Lipinski definition) is 8. The van der Waals surface area contributed by atoms with Crippen molar-refractivity contribution in [3.05, 3.63) is 0 Å². The minimum absolute atomic E-state index is 0.326. The van der Waals surface area contributed by atoms with E-state index in [1.165, 1.54) is 0 Å². The maximum Gasteiger partial charge on any atom is 0.329 e. The molecule has 26 heavy (non-hydrogen) atoms. The van der Waals surface area contributed by atoms with Crippen LogP contribution in [0.5, 0.6) is 0 Å². The number of amides is 3. The maximum absolute atomic E-state index is 15.6. The Labute approximate surface area is 150 Å². The molecule has 146 valence electrons. The topological polar surface area (TPSA) is 135 Å². The van der Waals surface area contributed by atoms with E-state index in [-0.39, 0.29) is 0 Å². The van der Waals surface area contributed by atoms with Crippen molar-refractivity contribution >= 4 is 25.3 Å². The molecule has 0 spiro atoms. The molecule has 0 bridgehead atoms. The highest BCUT2D eigenvalue weighted by atomic mass is 28.3. The molecule has 2 unspecified atom stereocenters. The predicted molar refractivity (Wildman–Crippen MR) is 89.3 cm³/mol. The first-order valence-electron chi connectivity index (χ1n) is 8.22. The Morgan fingerprint density at radius 2 is 1.92 bits per heavy atom. The molecule has 0 aromatic rings. The van der Waals surface area contributed by atoms with Gasteiger partial charge in [0.2, 0.25) is 0 Å². The normalized spacial score (nSPS) is 40.6. The van der Waals surface area contributed by atoms with E-state index in [9.17, 15) is 24.9 Å². The summed E-state index contributed by atoms with van der Waals surface area (Å²) in [5.74, 6) is -3.78. The lowest BCUT2D eigenvalue weighted by Gasteiger charge is -2.47. The summed E-state index contributed by atoms with van der Waals surface area (Å²) in [4.78, 5) is 26.7. The third-order valence-corrected chi connectivity index (χ3v) is 6.86. The van der Waals surface area contributed by atoms with Crippen LogP contribution in [-0.2, 0) is 9.53 Å². The van der Waals surface area contributed by atoms with Crippen LogP contribution < -0.4 is 5.43 Å². The van der Waals surface area contributed by atoms with Crippen LogP contribution in [0.25, 0.3) is 0 Å². The summed E-state index contributed by atoms with van der Waals surface area (Å²) in [6.45, 7) is 5.04. The third-order valence-electron chi connectivity index (χ3n) is 4.94. The lowest BCUT2D eigenvalue weighted by Crippen LogP contribution is -2.75. The second-order valence-electron chi connectivity index (χ2n) is 7.76. The fourth-order valence-corrected chi connectivity index (χ4v) is 5.05. The van der Waals surface area contributed by atoms with E-state index in [1.807, 2.05) is 19.6 Å². The number of likely N-dealkylation sites (N-methyl/N-ethyl adjacent to an activating group) is 1. The van der Waals surface area contributed by atoms with Gasteiger partial charge in [-0.15, -0.1) is 0 Å². The van der Waals surface area contributed by atoms with Gasteiger partial charge in [-0.3, -0.25) is 20.0 Å². The number of rotatable bonds is 3. The summed E-state index contributed by atoms with van der Waals surface area (Å²) in [7, 11) is -1.17. The van der Waals surface area contributed by atoms with Crippen LogP contribution in [0.1, 0.15) is 0 Å². The summed E-state index contributed by atoms with van der Waals surface area (Å²) in [6, 6.07) is -2.28. The van der Waals surface area contributed by atoms with E-state index in [4.69, 9.17) is 4.74 Å². The zero-order chi connectivity index (χ0) is 19.6. The first kappa shape index (κ1) is 19.2. The van der Waals surface area contributed by atoms with Crippen molar-refractivity contribution in [1.82, 2.24) is 15.2 Å². The number of nitrogens with zero attached hydrogens (tertiary/aromatic N) is 3. The van der Waals surface area contributed by atoms with Crippen LogP contribution in [0.4, 0.5) is 9.18 Å². The van der Waals surface area contributed by atoms with Gasteiger partial charge in [0.15, 0.2) is 6.23 Å². The van der Waals surface area contributed by atoms with Gasteiger partial charge in [-0.1, -0.05) is 19.6 Å². The molecular weight excluding hydrogens is 367 g/mol. The first-order valence-corrected chi connectivity index (χ1v) is 11.7. The van der Waals surface area contributed by atoms with Gasteiger partial charge in [-0.05, 0) is 0 Å². The lowest BCUT2D eigenvalue weighted by molar-refractivity contribution is -0.161. The minimum atomic E-state index is -2.69. The number of fused-ring (bicyclic) bond motifs is 1. The van der Waals surface area contributed by atoms with Crippen LogP contribution in [0.2, 0.25) is 19.6 Å². The van der Waals surface area contributed by atoms with Crippen molar-refractivity contribution < 1.29 is 34.0 Å². The predicted octanol–water partition coefficient (Wildman–Crippen LogP) is -1.81. The molecule has 3 amide bonds. The first-order chi connectivity index (χ1) is 11.9. The molecule has 3 aliphatic heterocycles. The molecule has 3 rings (SSSR count). The molecule has 6 atom stereocenters. The summed E-state index contributed by atoms with van der Waals surface area (Å²) in [6.07, 6.45) is -5.62. The number of carbonyl (C=O) groups is 2. The van der Waals surface area contributed by atoms with Crippen molar-refractivity contribution in [3.8, 4) is 0 Å². The zero-order valence-electron chi connectivity index (χ0n) is 14.9. The summed E-state index contributed by atoms with van der Waals surface area (Å²) >= 11 is 0. The molecule has 12 heteroatoms. The molecule has 10 nitrogen and oxygen atoms in total. The Bertz CT molecular complexity index is 672. The van der Waals surface area contributed by atoms with E-state index in [2.05, 4.69) is 10.5 Å². The van der Waals surface area contributed by atoms with Crippen LogP contribution in [-0.4, -0.2) is 100 Å². The zero-order valence-corrected chi connectivity index (χ0v) is 15.9. The van der Waals surface area contributed by atoms with Gasteiger partial charge in [0.25, 0.3) is 11.7 Å². The smallest absolute Gasteiger partial charge is 0.329 e. The van der Waals surface area contributed by atoms with Crippen LogP contribution in [0, 0.1) is 0 Å². The third kappa shape index (κ3) is 2.47. The Morgan fingerprint density at radius 1 is 1.31 bits per heavy atom. The maximum atomic E-state index is 15.6. The monoisotopic (exact) mass is 390 g/mol. The van der Waals surface area contributed by atoms with Crippen molar-refractivity contribution in [2.24, 2.45) is 5.10 Å². The quantitative estimate of drug-likeness (QED) is 0.330. The summed E-state index contributed by atoms with van der Waals surface area (Å²) < 4.78 is 21.1. The second-order valence-corrected chi connectivity index (χ2v) is 12.8. The highest BCUT2D eigenvalue weighted by Gasteiger charge is 2.67. The Morgan fingerprint density at radius 3 is 2.42 bits per heavy atom. The van der Waals surface area contributed by atoms with Gasteiger partial charge in [0.1, 0.15) is 32.4 Å². The molecular formula is C14H23FN4O6Si. The number of aliphatic hydroxyl groups is 3. The number of halogens is 1.